The maximum absolute atomic E-state index is 5.12. The van der Waals surface area contributed by atoms with Crippen molar-refractivity contribution in [3.05, 3.63) is 57.7 Å². The maximum atomic E-state index is 5.12. The van der Waals surface area contributed by atoms with Gasteiger partial charge in [-0.25, -0.2) is 0 Å². The van der Waals surface area contributed by atoms with E-state index in [4.69, 9.17) is 39.1 Å². The van der Waals surface area contributed by atoms with E-state index in [0.29, 0.717) is 0 Å². The molecular formula is C74H110Br2N10S3. The molecule has 0 saturated heterocycles. The van der Waals surface area contributed by atoms with Crippen LogP contribution in [-0.2, 0) is 13.1 Å². The number of aromatic nitrogens is 10. The molecule has 15 heteroatoms. The van der Waals surface area contributed by atoms with Crippen molar-refractivity contribution in [1.29, 1.82) is 0 Å². The number of halogens is 2. The Morgan fingerprint density at radius 2 is 0.607 bits per heavy atom. The first-order chi connectivity index (χ1) is 43.9. The van der Waals surface area contributed by atoms with E-state index in [1.54, 1.807) is 22.7 Å². The average molecular weight is 1400 g/mol. The van der Waals surface area contributed by atoms with Crippen LogP contribution >= 0.6 is 66.3 Å². The van der Waals surface area contributed by atoms with Crippen LogP contribution in [0.4, 0.5) is 0 Å². The number of fused-ring (bicyclic) bond motifs is 3. The first-order valence-corrected chi connectivity index (χ1v) is 40.1. The minimum atomic E-state index is 0.816. The molecule has 0 amide bonds. The van der Waals surface area contributed by atoms with E-state index in [2.05, 4.69) is 96.0 Å². The summed E-state index contributed by atoms with van der Waals surface area (Å²) in [5.41, 5.74) is 9.10. The Morgan fingerprint density at radius 1 is 0.326 bits per heavy atom. The molecule has 0 fully saturated rings. The van der Waals surface area contributed by atoms with Crippen molar-refractivity contribution in [3.8, 4) is 42.0 Å². The molecule has 8 rings (SSSR count). The van der Waals surface area contributed by atoms with Crippen molar-refractivity contribution in [2.24, 2.45) is 11.8 Å². The molecule has 7 aromatic heterocycles. The third kappa shape index (κ3) is 23.2. The van der Waals surface area contributed by atoms with Crippen LogP contribution in [0, 0.1) is 11.8 Å². The SMILES string of the molecule is CCCCCCCCCCC(CCCCCCCCCC)CCCCn1nc2c(Br)cnc(-c3ccc(-c4ccc(-c5ccc(-c6ncc(Br)c7nn(CCCCC(CCCCCCCCCC)CCCCCCCCCC)nc67)s5)c5nsnc45)s3)c2n1. The fraction of sp³-hybridized carbons (Fsp3) is 0.676. The first-order valence-electron chi connectivity index (χ1n) is 36.1. The van der Waals surface area contributed by atoms with E-state index in [1.165, 1.54) is 269 Å². The number of unbranched alkanes of at least 4 members (excludes halogenated alkanes) is 30. The molecule has 0 saturated carbocycles. The third-order valence-corrected chi connectivity index (χ3v) is 22.7. The summed E-state index contributed by atoms with van der Waals surface area (Å²) in [6, 6.07) is 13.2. The largest absolute Gasteiger partial charge is 0.252 e. The lowest BCUT2D eigenvalue weighted by atomic mass is 9.90. The molecule has 488 valence electrons. The number of aryl methyl sites for hydroxylation is 2. The van der Waals surface area contributed by atoms with Crippen molar-refractivity contribution in [2.45, 2.75) is 310 Å². The lowest BCUT2D eigenvalue weighted by molar-refractivity contribution is 0.359. The fourth-order valence-corrected chi connectivity index (χ4v) is 16.7. The number of pyridine rings is 2. The van der Waals surface area contributed by atoms with Crippen molar-refractivity contribution >= 4 is 99.4 Å². The monoisotopic (exact) mass is 1390 g/mol. The maximum Gasteiger partial charge on any atom is 0.141 e. The number of nitrogens with zero attached hydrogens (tertiary/aromatic N) is 10. The van der Waals surface area contributed by atoms with Crippen LogP contribution in [0.2, 0.25) is 0 Å². The van der Waals surface area contributed by atoms with Gasteiger partial charge in [0.05, 0.1) is 43.5 Å². The highest BCUT2D eigenvalue weighted by molar-refractivity contribution is 9.11. The summed E-state index contributed by atoms with van der Waals surface area (Å²) in [4.78, 5) is 18.1. The average Bonchev–Trinajstić information content (AvgIpc) is 1.78. The van der Waals surface area contributed by atoms with Crippen LogP contribution in [0.25, 0.3) is 75.1 Å². The molecule has 0 aliphatic carbocycles. The van der Waals surface area contributed by atoms with Crippen LogP contribution in [0.15, 0.2) is 57.7 Å². The van der Waals surface area contributed by atoms with Gasteiger partial charge in [0, 0.05) is 33.3 Å². The molecule has 0 spiro atoms. The molecule has 0 aliphatic rings. The highest BCUT2D eigenvalue weighted by Crippen LogP contribution is 2.44. The minimum absolute atomic E-state index is 0.816. The Bertz CT molecular complexity index is 2960. The molecule has 0 bridgehead atoms. The predicted molar refractivity (Wildman–Crippen MR) is 392 cm³/mol. The zero-order chi connectivity index (χ0) is 62.1. The van der Waals surface area contributed by atoms with Gasteiger partial charge < -0.3 is 0 Å². The summed E-state index contributed by atoms with van der Waals surface area (Å²) >= 11 is 12.3. The molecule has 0 atom stereocenters. The molecule has 0 aliphatic heterocycles. The summed E-state index contributed by atoms with van der Waals surface area (Å²) in [5, 5.41) is 20.3. The van der Waals surface area contributed by atoms with Gasteiger partial charge in [-0.05, 0) is 80.8 Å². The predicted octanol–water partition coefficient (Wildman–Crippen LogP) is 26.0. The molecule has 10 nitrogen and oxygen atoms in total. The van der Waals surface area contributed by atoms with E-state index < -0.39 is 0 Å². The number of rotatable bonds is 50. The molecule has 0 unspecified atom stereocenters. The number of benzene rings is 1. The molecule has 0 radical (unpaired) electrons. The van der Waals surface area contributed by atoms with Crippen LogP contribution < -0.4 is 0 Å². The molecular weight excluding hydrogens is 1280 g/mol. The van der Waals surface area contributed by atoms with Gasteiger partial charge in [0.2, 0.25) is 0 Å². The smallest absolute Gasteiger partial charge is 0.141 e. The molecule has 8 aromatic rings. The molecule has 0 N–H and O–H groups in total. The Hall–Kier alpha value is -3.50. The summed E-state index contributed by atoms with van der Waals surface area (Å²) < 4.78 is 11.6. The zero-order valence-corrected chi connectivity index (χ0v) is 61.0. The van der Waals surface area contributed by atoms with Gasteiger partial charge >= 0.3 is 0 Å². The standard InChI is InChI=1S/C74H110Br2N10S3/c1-5-9-13-17-21-25-29-33-41-57(42-34-30-26-22-18-14-10-6-2)45-37-39-53-85-79-69-61(75)55-77-71(73(69)81-85)65-51-49-63(87-65)59-47-48-60(68-67(59)83-89-84-68)64-50-52-66(88-64)72-74-70(62(76)56-78-72)80-86(82-74)54-40-38-46-58(43-35-31-27-23-19-15-11-7-3)44-36-32-28-24-20-16-12-8-4/h47-52,55-58H,5-46,53-54H2,1-4H3. The molecule has 7 heterocycles. The Labute approximate surface area is 565 Å². The Morgan fingerprint density at radius 3 is 0.933 bits per heavy atom. The summed E-state index contributed by atoms with van der Waals surface area (Å²) in [5.74, 6) is 1.68. The normalized spacial score (nSPS) is 12.1. The highest BCUT2D eigenvalue weighted by atomic mass is 79.9. The topological polar surface area (TPSA) is 113 Å². The number of hydrogen-bond acceptors (Lipinski definition) is 11. The van der Waals surface area contributed by atoms with Gasteiger partial charge in [0.25, 0.3) is 0 Å². The second kappa shape index (κ2) is 41.3. The zero-order valence-electron chi connectivity index (χ0n) is 55.3. The first kappa shape index (κ1) is 71.4. The van der Waals surface area contributed by atoms with Crippen LogP contribution in [-0.4, -0.2) is 48.7 Å². The van der Waals surface area contributed by atoms with Crippen molar-refractivity contribution in [1.82, 2.24) is 48.7 Å². The van der Waals surface area contributed by atoms with Gasteiger partial charge in [-0.2, -0.15) is 38.7 Å². The van der Waals surface area contributed by atoms with E-state index in [9.17, 15) is 0 Å². The van der Waals surface area contributed by atoms with E-state index in [1.807, 2.05) is 22.0 Å². The minimum Gasteiger partial charge on any atom is -0.252 e. The van der Waals surface area contributed by atoms with Crippen molar-refractivity contribution in [3.63, 3.8) is 0 Å². The highest BCUT2D eigenvalue weighted by Gasteiger charge is 2.22. The van der Waals surface area contributed by atoms with Crippen LogP contribution in [0.5, 0.6) is 0 Å². The van der Waals surface area contributed by atoms with E-state index in [0.717, 1.165) is 122 Å². The second-order valence-corrected chi connectivity index (χ2v) is 30.5. The lowest BCUT2D eigenvalue weighted by Crippen LogP contribution is -2.05. The number of thiophene rings is 2. The summed E-state index contributed by atoms with van der Waals surface area (Å²) in [6.45, 7) is 10.9. The van der Waals surface area contributed by atoms with Gasteiger partial charge in [-0.1, -0.05) is 297 Å². The molecule has 89 heavy (non-hydrogen) atoms. The number of hydrogen-bond donors (Lipinski definition) is 0. The Balaban J connectivity index is 0.863. The van der Waals surface area contributed by atoms with Gasteiger partial charge in [0.15, 0.2) is 0 Å². The van der Waals surface area contributed by atoms with Gasteiger partial charge in [0.1, 0.15) is 44.5 Å². The van der Waals surface area contributed by atoms with E-state index >= 15 is 0 Å². The second-order valence-electron chi connectivity index (χ2n) is 26.1. The summed E-state index contributed by atoms with van der Waals surface area (Å²) in [6.07, 6.45) is 61.2. The van der Waals surface area contributed by atoms with Crippen LogP contribution in [0.1, 0.15) is 297 Å². The molecule has 1 aromatic carbocycles. The lowest BCUT2D eigenvalue weighted by Gasteiger charge is -2.17. The Kier molecular flexibility index (Phi) is 33.1. The van der Waals surface area contributed by atoms with Gasteiger partial charge in [-0.3, -0.25) is 9.97 Å². The quantitative estimate of drug-likeness (QED) is 0.0347. The van der Waals surface area contributed by atoms with Crippen LogP contribution in [0.3, 0.4) is 0 Å². The third-order valence-electron chi connectivity index (χ3n) is 18.8. The fourth-order valence-electron chi connectivity index (χ4n) is 13.4. The van der Waals surface area contributed by atoms with E-state index in [-0.39, 0.29) is 0 Å². The summed E-state index contributed by atoms with van der Waals surface area (Å²) in [7, 11) is 0. The van der Waals surface area contributed by atoms with Gasteiger partial charge in [-0.15, -0.1) is 22.7 Å². The van der Waals surface area contributed by atoms with Crippen molar-refractivity contribution < 1.29 is 0 Å². The van der Waals surface area contributed by atoms with Crippen molar-refractivity contribution in [2.75, 3.05) is 0 Å².